The molecular weight excluding hydrogens is 345 g/mol. The lowest BCUT2D eigenvalue weighted by Crippen LogP contribution is -2.05. The number of halogens is 1. The number of benzene rings is 2. The van der Waals surface area contributed by atoms with Gasteiger partial charge in [0.25, 0.3) is 0 Å². The molecule has 3 aromatic rings. The molecule has 3 rings (SSSR count). The van der Waals surface area contributed by atoms with Gasteiger partial charge in [0.05, 0.1) is 17.9 Å². The molecular formula is C21H18FN3O2. The van der Waals surface area contributed by atoms with Crippen LogP contribution in [-0.2, 0) is 13.2 Å². The highest BCUT2D eigenvalue weighted by molar-refractivity contribution is 5.67. The topological polar surface area (TPSA) is 89.2 Å². The lowest BCUT2D eigenvalue weighted by Gasteiger charge is -2.13. The number of hydrogen-bond donors (Lipinski definition) is 3. The van der Waals surface area contributed by atoms with E-state index in [0.29, 0.717) is 28.9 Å². The molecule has 0 amide bonds. The summed E-state index contributed by atoms with van der Waals surface area (Å²) >= 11 is 0. The molecule has 136 valence electrons. The molecule has 0 aliphatic rings. The Bertz CT molecular complexity index is 1010. The number of aromatic nitrogens is 1. The minimum Gasteiger partial charge on any atom is -0.506 e. The van der Waals surface area contributed by atoms with Gasteiger partial charge in [-0.15, -0.1) is 0 Å². The van der Waals surface area contributed by atoms with Crippen LogP contribution in [0.5, 0.6) is 5.75 Å². The van der Waals surface area contributed by atoms with E-state index < -0.39 is 5.82 Å². The first-order valence-corrected chi connectivity index (χ1v) is 8.34. The monoisotopic (exact) mass is 363 g/mol. The molecule has 0 aliphatic carbocycles. The molecule has 0 aliphatic heterocycles. The minimum atomic E-state index is -0.541. The molecule has 5 nitrogen and oxygen atoms in total. The first kappa shape index (κ1) is 18.4. The van der Waals surface area contributed by atoms with Crippen molar-refractivity contribution < 1.29 is 14.6 Å². The fourth-order valence-electron chi connectivity index (χ4n) is 2.78. The summed E-state index contributed by atoms with van der Waals surface area (Å²) in [6, 6.07) is 13.7. The summed E-state index contributed by atoms with van der Waals surface area (Å²) in [7, 11) is 0. The van der Waals surface area contributed by atoms with Gasteiger partial charge in [0.1, 0.15) is 17.6 Å². The van der Waals surface area contributed by atoms with Gasteiger partial charge in [-0.2, -0.15) is 5.26 Å². The van der Waals surface area contributed by atoms with Gasteiger partial charge in [0.2, 0.25) is 0 Å². The maximum Gasteiger partial charge on any atom is 0.142 e. The fourth-order valence-corrected chi connectivity index (χ4v) is 2.78. The predicted octanol–water partition coefficient (Wildman–Crippen LogP) is 3.88. The van der Waals surface area contributed by atoms with Crippen molar-refractivity contribution in [2.45, 2.75) is 20.1 Å². The molecule has 3 N–H and O–H groups in total. The van der Waals surface area contributed by atoms with Gasteiger partial charge in [0, 0.05) is 24.0 Å². The number of pyridine rings is 1. The molecule has 1 aromatic heterocycles. The van der Waals surface area contributed by atoms with Crippen LogP contribution in [0.4, 0.5) is 10.1 Å². The van der Waals surface area contributed by atoms with Gasteiger partial charge in [-0.1, -0.05) is 18.2 Å². The van der Waals surface area contributed by atoms with Crippen LogP contribution in [0.15, 0.2) is 48.7 Å². The molecule has 0 spiro atoms. The summed E-state index contributed by atoms with van der Waals surface area (Å²) in [5.74, 6) is -0.532. The largest absolute Gasteiger partial charge is 0.506 e. The lowest BCUT2D eigenvalue weighted by molar-refractivity contribution is 0.273. The average molecular weight is 363 g/mol. The molecule has 2 aromatic carbocycles. The van der Waals surface area contributed by atoms with E-state index in [-0.39, 0.29) is 17.9 Å². The first-order valence-electron chi connectivity index (χ1n) is 8.34. The van der Waals surface area contributed by atoms with Crippen molar-refractivity contribution in [3.63, 3.8) is 0 Å². The number of nitrogens with zero attached hydrogens (tertiary/aromatic N) is 2. The Morgan fingerprint density at radius 1 is 1.15 bits per heavy atom. The minimum absolute atomic E-state index is 0.00925. The Kier molecular flexibility index (Phi) is 5.34. The number of aromatic hydroxyl groups is 1. The first-order chi connectivity index (χ1) is 13.0. The second-order valence-corrected chi connectivity index (χ2v) is 6.09. The maximum absolute atomic E-state index is 13.8. The molecule has 0 unspecified atom stereocenters. The Balaban J connectivity index is 1.75. The standard InChI is InChI=1S/C21H18FN3O2/c1-13-21(27)19(12-26)17(10-24-13)11-25-18-6-4-14(5-7-18)15-2-3-16(9-23)20(22)8-15/h2-8,10,25-27H,11-12H2,1H3. The number of nitriles is 1. The van der Waals surface area contributed by atoms with E-state index in [1.807, 2.05) is 24.3 Å². The van der Waals surface area contributed by atoms with Crippen LogP contribution in [0.25, 0.3) is 11.1 Å². The third-order valence-corrected chi connectivity index (χ3v) is 4.38. The Morgan fingerprint density at radius 2 is 1.85 bits per heavy atom. The number of aryl methyl sites for hydroxylation is 1. The molecule has 0 atom stereocenters. The number of anilines is 1. The average Bonchev–Trinajstić information content (AvgIpc) is 2.69. The van der Waals surface area contributed by atoms with Crippen LogP contribution in [0, 0.1) is 24.1 Å². The molecule has 1 heterocycles. The van der Waals surface area contributed by atoms with Crippen LogP contribution in [-0.4, -0.2) is 15.2 Å². The summed E-state index contributed by atoms with van der Waals surface area (Å²) in [6.07, 6.45) is 1.63. The van der Waals surface area contributed by atoms with Crippen molar-refractivity contribution in [3.8, 4) is 22.9 Å². The molecule has 0 saturated carbocycles. The normalized spacial score (nSPS) is 10.4. The van der Waals surface area contributed by atoms with E-state index in [0.717, 1.165) is 11.3 Å². The second-order valence-electron chi connectivity index (χ2n) is 6.09. The van der Waals surface area contributed by atoms with Gasteiger partial charge in [-0.3, -0.25) is 4.98 Å². The van der Waals surface area contributed by atoms with Gasteiger partial charge >= 0.3 is 0 Å². The number of hydrogen-bond acceptors (Lipinski definition) is 5. The Labute approximate surface area is 156 Å². The highest BCUT2D eigenvalue weighted by Crippen LogP contribution is 2.26. The summed E-state index contributed by atoms with van der Waals surface area (Å²) in [6.45, 7) is 1.80. The van der Waals surface area contributed by atoms with E-state index in [9.17, 15) is 14.6 Å². The van der Waals surface area contributed by atoms with E-state index in [4.69, 9.17) is 5.26 Å². The zero-order valence-electron chi connectivity index (χ0n) is 14.7. The van der Waals surface area contributed by atoms with E-state index in [1.165, 1.54) is 12.1 Å². The number of rotatable bonds is 5. The second kappa shape index (κ2) is 7.85. The number of aliphatic hydroxyl groups excluding tert-OH is 1. The fraction of sp³-hybridized carbons (Fsp3) is 0.143. The van der Waals surface area contributed by atoms with Crippen molar-refractivity contribution in [3.05, 3.63) is 76.9 Å². The summed E-state index contributed by atoms with van der Waals surface area (Å²) < 4.78 is 13.8. The van der Waals surface area contributed by atoms with Gasteiger partial charge in [-0.25, -0.2) is 4.39 Å². The van der Waals surface area contributed by atoms with Crippen molar-refractivity contribution in [2.75, 3.05) is 5.32 Å². The molecule has 0 radical (unpaired) electrons. The molecule has 6 heteroatoms. The van der Waals surface area contributed by atoms with Crippen LogP contribution >= 0.6 is 0 Å². The maximum atomic E-state index is 13.8. The summed E-state index contributed by atoms with van der Waals surface area (Å²) in [4.78, 5) is 4.12. The van der Waals surface area contributed by atoms with E-state index >= 15 is 0 Å². The van der Waals surface area contributed by atoms with Gasteiger partial charge < -0.3 is 15.5 Å². The van der Waals surface area contributed by atoms with Crippen LogP contribution in [0.2, 0.25) is 0 Å². The van der Waals surface area contributed by atoms with Crippen molar-refractivity contribution in [1.29, 1.82) is 5.26 Å². The third-order valence-electron chi connectivity index (χ3n) is 4.38. The molecule has 0 fully saturated rings. The van der Waals surface area contributed by atoms with Crippen LogP contribution in [0.1, 0.15) is 22.4 Å². The molecule has 27 heavy (non-hydrogen) atoms. The smallest absolute Gasteiger partial charge is 0.142 e. The molecule has 0 saturated heterocycles. The van der Waals surface area contributed by atoms with Crippen LogP contribution < -0.4 is 5.32 Å². The van der Waals surface area contributed by atoms with Gasteiger partial charge in [0.15, 0.2) is 0 Å². The van der Waals surface area contributed by atoms with E-state index in [1.54, 1.807) is 25.3 Å². The molecule has 0 bridgehead atoms. The highest BCUT2D eigenvalue weighted by Gasteiger charge is 2.11. The Morgan fingerprint density at radius 3 is 2.48 bits per heavy atom. The van der Waals surface area contributed by atoms with Gasteiger partial charge in [-0.05, 0) is 47.9 Å². The third kappa shape index (κ3) is 3.89. The van der Waals surface area contributed by atoms with Crippen molar-refractivity contribution in [1.82, 2.24) is 4.98 Å². The SMILES string of the molecule is Cc1ncc(CNc2ccc(-c3ccc(C#N)c(F)c3)cc2)c(CO)c1O. The summed E-state index contributed by atoms with van der Waals surface area (Å²) in [5, 5.41) is 31.5. The zero-order valence-corrected chi connectivity index (χ0v) is 14.7. The quantitative estimate of drug-likeness (QED) is 0.640. The van der Waals surface area contributed by atoms with E-state index in [2.05, 4.69) is 10.3 Å². The Hall–Kier alpha value is -3.43. The van der Waals surface area contributed by atoms with Crippen molar-refractivity contribution >= 4 is 5.69 Å². The number of nitrogens with one attached hydrogen (secondary N) is 1. The lowest BCUT2D eigenvalue weighted by atomic mass is 10.0. The predicted molar refractivity (Wildman–Crippen MR) is 100 cm³/mol. The van der Waals surface area contributed by atoms with Crippen molar-refractivity contribution in [2.24, 2.45) is 0 Å². The summed E-state index contributed by atoms with van der Waals surface area (Å²) in [5.41, 5.74) is 4.01. The zero-order chi connectivity index (χ0) is 19.4. The number of aliphatic hydroxyl groups is 1. The highest BCUT2D eigenvalue weighted by atomic mass is 19.1. The van der Waals surface area contributed by atoms with Crippen LogP contribution in [0.3, 0.4) is 0 Å².